The number of amides is 1. The molecule has 2 aromatic carbocycles. The average Bonchev–Trinajstić information content (AvgIpc) is 3.21. The van der Waals surface area contributed by atoms with Crippen molar-refractivity contribution in [2.24, 2.45) is 0 Å². The molecule has 1 amide bonds. The summed E-state index contributed by atoms with van der Waals surface area (Å²) in [6.45, 7) is 0.810. The van der Waals surface area contributed by atoms with E-state index in [1.807, 2.05) is 30.3 Å². The number of halogens is 1. The normalized spacial score (nSPS) is 15.9. The minimum Gasteiger partial charge on any atom is -0.494 e. The van der Waals surface area contributed by atoms with Crippen LogP contribution < -0.4 is 10.1 Å². The van der Waals surface area contributed by atoms with Crippen LogP contribution in [0.3, 0.4) is 0 Å². The summed E-state index contributed by atoms with van der Waals surface area (Å²) in [4.78, 5) is 13.1. The van der Waals surface area contributed by atoms with E-state index in [2.05, 4.69) is 5.32 Å². The molecule has 0 bridgehead atoms. The molecule has 2 aromatic rings. The molecule has 0 heterocycles. The van der Waals surface area contributed by atoms with E-state index < -0.39 is 20.5 Å². The van der Waals surface area contributed by atoms with Gasteiger partial charge in [0.15, 0.2) is 14.6 Å². The molecular formula is C21H24ClNO4S. The summed E-state index contributed by atoms with van der Waals surface area (Å²) in [6.07, 6.45) is 2.71. The van der Waals surface area contributed by atoms with Crippen molar-refractivity contribution in [2.75, 3.05) is 13.2 Å². The molecule has 0 aromatic heterocycles. The lowest BCUT2D eigenvalue weighted by Gasteiger charge is -2.27. The van der Waals surface area contributed by atoms with Crippen LogP contribution in [0, 0.1) is 0 Å². The molecule has 3 rings (SSSR count). The molecule has 1 aliphatic rings. The standard InChI is InChI=1S/C21H24ClNO4S/c22-17-9-11-19(12-10-17)28(25,26)21(13-4-5-14-21)20(24)23-15-6-16-27-18-7-2-1-3-8-18/h1-3,7-12H,4-6,13-16H2,(H,23,24). The Labute approximate surface area is 171 Å². The molecule has 0 radical (unpaired) electrons. The van der Waals surface area contributed by atoms with Crippen LogP contribution >= 0.6 is 11.6 Å². The van der Waals surface area contributed by atoms with E-state index in [0.717, 1.165) is 18.6 Å². The topological polar surface area (TPSA) is 72.5 Å². The van der Waals surface area contributed by atoms with Crippen molar-refractivity contribution < 1.29 is 17.9 Å². The molecule has 0 aliphatic heterocycles. The number of nitrogens with one attached hydrogen (secondary N) is 1. The molecule has 5 nitrogen and oxygen atoms in total. The Kier molecular flexibility index (Phi) is 6.62. The van der Waals surface area contributed by atoms with Gasteiger partial charge in [-0.1, -0.05) is 42.6 Å². The second-order valence-electron chi connectivity index (χ2n) is 6.93. The highest BCUT2D eigenvalue weighted by molar-refractivity contribution is 7.93. The fourth-order valence-electron chi connectivity index (χ4n) is 3.55. The Balaban J connectivity index is 1.62. The van der Waals surface area contributed by atoms with Gasteiger partial charge in [0, 0.05) is 11.6 Å². The van der Waals surface area contributed by atoms with E-state index in [1.165, 1.54) is 24.3 Å². The van der Waals surface area contributed by atoms with Gasteiger partial charge in [-0.05, 0) is 55.7 Å². The molecule has 1 fully saturated rings. The summed E-state index contributed by atoms with van der Waals surface area (Å²) in [5.41, 5.74) is 0. The predicted molar refractivity (Wildman–Crippen MR) is 109 cm³/mol. The second kappa shape index (κ2) is 8.97. The van der Waals surface area contributed by atoms with Crippen LogP contribution in [0.1, 0.15) is 32.1 Å². The number of sulfone groups is 1. The third-order valence-corrected chi connectivity index (χ3v) is 7.85. The maximum atomic E-state index is 13.3. The summed E-state index contributed by atoms with van der Waals surface area (Å²) in [6, 6.07) is 15.4. The van der Waals surface area contributed by atoms with Crippen LogP contribution in [0.5, 0.6) is 5.75 Å². The number of rotatable bonds is 8. The molecule has 1 N–H and O–H groups in total. The third-order valence-electron chi connectivity index (χ3n) is 5.08. The number of hydrogen-bond donors (Lipinski definition) is 1. The van der Waals surface area contributed by atoms with Crippen LogP contribution in [-0.4, -0.2) is 32.2 Å². The first-order valence-corrected chi connectivity index (χ1v) is 11.3. The summed E-state index contributed by atoms with van der Waals surface area (Å²) in [5.74, 6) is 0.353. The lowest BCUT2D eigenvalue weighted by atomic mass is 10.1. The molecular weight excluding hydrogens is 398 g/mol. The Morgan fingerprint density at radius 1 is 1.04 bits per heavy atom. The molecule has 0 saturated heterocycles. The monoisotopic (exact) mass is 421 g/mol. The molecule has 28 heavy (non-hydrogen) atoms. The molecule has 1 aliphatic carbocycles. The Morgan fingerprint density at radius 3 is 2.32 bits per heavy atom. The van der Waals surface area contributed by atoms with Gasteiger partial charge < -0.3 is 10.1 Å². The predicted octanol–water partition coefficient (Wildman–Crippen LogP) is 4.01. The fraction of sp³-hybridized carbons (Fsp3) is 0.381. The molecule has 0 unspecified atom stereocenters. The fourth-order valence-corrected chi connectivity index (χ4v) is 5.76. The first kappa shape index (κ1) is 20.7. The zero-order valence-electron chi connectivity index (χ0n) is 15.6. The molecule has 0 spiro atoms. The number of benzene rings is 2. The summed E-state index contributed by atoms with van der Waals surface area (Å²) < 4.78 is 30.7. The summed E-state index contributed by atoms with van der Waals surface area (Å²) in [5, 5.41) is 3.28. The van der Waals surface area contributed by atoms with Crippen molar-refractivity contribution in [3.8, 4) is 5.75 Å². The van der Waals surface area contributed by atoms with Gasteiger partial charge in [-0.25, -0.2) is 8.42 Å². The van der Waals surface area contributed by atoms with Crippen molar-refractivity contribution >= 4 is 27.3 Å². The first-order valence-electron chi connectivity index (χ1n) is 9.42. The lowest BCUT2D eigenvalue weighted by molar-refractivity contribution is -0.123. The number of carbonyl (C=O) groups is 1. The van der Waals surface area contributed by atoms with Gasteiger partial charge in [0.2, 0.25) is 5.91 Å². The zero-order chi connectivity index (χ0) is 20.0. The maximum absolute atomic E-state index is 13.3. The van der Waals surface area contributed by atoms with Gasteiger partial charge in [0.25, 0.3) is 0 Å². The van der Waals surface area contributed by atoms with Crippen LogP contribution in [0.4, 0.5) is 0 Å². The SMILES string of the molecule is O=C(NCCCOc1ccccc1)C1(S(=O)(=O)c2ccc(Cl)cc2)CCCC1. The third kappa shape index (κ3) is 4.33. The van der Waals surface area contributed by atoms with Gasteiger partial charge in [-0.15, -0.1) is 0 Å². The van der Waals surface area contributed by atoms with Gasteiger partial charge in [-0.3, -0.25) is 4.79 Å². The highest BCUT2D eigenvalue weighted by atomic mass is 35.5. The van der Waals surface area contributed by atoms with Crippen LogP contribution in [0.25, 0.3) is 0 Å². The van der Waals surface area contributed by atoms with Gasteiger partial charge >= 0.3 is 0 Å². The van der Waals surface area contributed by atoms with Crippen LogP contribution in [0.15, 0.2) is 59.5 Å². The Hall–Kier alpha value is -2.05. The number of ether oxygens (including phenoxy) is 1. The average molecular weight is 422 g/mol. The van der Waals surface area contributed by atoms with Crippen molar-refractivity contribution in [3.63, 3.8) is 0 Å². The number of para-hydroxylation sites is 1. The van der Waals surface area contributed by atoms with Crippen molar-refractivity contribution in [2.45, 2.75) is 41.7 Å². The molecule has 150 valence electrons. The van der Waals surface area contributed by atoms with Crippen LogP contribution in [-0.2, 0) is 14.6 Å². The van der Waals surface area contributed by atoms with Crippen molar-refractivity contribution in [1.82, 2.24) is 5.32 Å². The summed E-state index contributed by atoms with van der Waals surface area (Å²) >= 11 is 5.88. The smallest absolute Gasteiger partial charge is 0.241 e. The number of hydrogen-bond acceptors (Lipinski definition) is 4. The highest BCUT2D eigenvalue weighted by Crippen LogP contribution is 2.41. The van der Waals surface area contributed by atoms with E-state index in [-0.39, 0.29) is 4.90 Å². The second-order valence-corrected chi connectivity index (χ2v) is 9.63. The van der Waals surface area contributed by atoms with E-state index in [1.54, 1.807) is 0 Å². The minimum absolute atomic E-state index is 0.140. The quantitative estimate of drug-likeness (QED) is 0.653. The lowest BCUT2D eigenvalue weighted by Crippen LogP contribution is -2.50. The van der Waals surface area contributed by atoms with E-state index >= 15 is 0 Å². The molecule has 7 heteroatoms. The van der Waals surface area contributed by atoms with E-state index in [4.69, 9.17) is 16.3 Å². The van der Waals surface area contributed by atoms with Crippen molar-refractivity contribution in [1.29, 1.82) is 0 Å². The van der Waals surface area contributed by atoms with E-state index in [9.17, 15) is 13.2 Å². The van der Waals surface area contributed by atoms with Crippen LogP contribution in [0.2, 0.25) is 5.02 Å². The first-order chi connectivity index (χ1) is 13.5. The minimum atomic E-state index is -3.80. The largest absolute Gasteiger partial charge is 0.494 e. The molecule has 0 atom stereocenters. The zero-order valence-corrected chi connectivity index (χ0v) is 17.1. The van der Waals surface area contributed by atoms with Gasteiger partial charge in [0.1, 0.15) is 5.75 Å². The van der Waals surface area contributed by atoms with Gasteiger partial charge in [0.05, 0.1) is 11.5 Å². The number of carbonyl (C=O) groups excluding carboxylic acids is 1. The Bertz CT molecular complexity index is 892. The summed E-state index contributed by atoms with van der Waals surface area (Å²) in [7, 11) is -3.80. The highest BCUT2D eigenvalue weighted by Gasteiger charge is 2.52. The Morgan fingerprint density at radius 2 is 1.68 bits per heavy atom. The maximum Gasteiger partial charge on any atom is 0.241 e. The molecule has 1 saturated carbocycles. The van der Waals surface area contributed by atoms with Gasteiger partial charge in [-0.2, -0.15) is 0 Å². The van der Waals surface area contributed by atoms with Crippen molar-refractivity contribution in [3.05, 3.63) is 59.6 Å². The van der Waals surface area contributed by atoms with E-state index in [0.29, 0.717) is 37.4 Å².